The van der Waals surface area contributed by atoms with Crippen molar-refractivity contribution in [2.24, 2.45) is 0 Å². The number of benzene rings is 2. The second-order valence-electron chi connectivity index (χ2n) is 6.02. The quantitative estimate of drug-likeness (QED) is 0.772. The van der Waals surface area contributed by atoms with Crippen molar-refractivity contribution in [3.05, 3.63) is 54.1 Å². The van der Waals surface area contributed by atoms with Crippen LogP contribution in [0.25, 0.3) is 0 Å². The minimum absolute atomic E-state index is 0.00108. The Morgan fingerprint density at radius 3 is 1.84 bits per heavy atom. The highest BCUT2D eigenvalue weighted by molar-refractivity contribution is 7.92. The zero-order chi connectivity index (χ0) is 18.1. The summed E-state index contributed by atoms with van der Waals surface area (Å²) in [6.45, 7) is 2.02. The van der Waals surface area contributed by atoms with Crippen LogP contribution in [0.15, 0.2) is 58.3 Å². The van der Waals surface area contributed by atoms with E-state index >= 15 is 0 Å². The molecule has 0 atom stereocenters. The summed E-state index contributed by atoms with van der Waals surface area (Å²) in [5.41, 5.74) is 1.57. The summed E-state index contributed by atoms with van der Waals surface area (Å²) in [4.78, 5) is 0.0723. The van der Waals surface area contributed by atoms with Crippen molar-refractivity contribution >= 4 is 25.7 Å². The topological polar surface area (TPSA) is 92.3 Å². The second kappa shape index (κ2) is 6.78. The van der Waals surface area contributed by atoms with Crippen molar-refractivity contribution in [1.82, 2.24) is 4.72 Å². The Bertz CT molecular complexity index is 947. The molecule has 2 N–H and O–H groups in total. The molecule has 0 unspecified atom stereocenters. The maximum absolute atomic E-state index is 12.4. The van der Waals surface area contributed by atoms with Crippen LogP contribution >= 0.6 is 0 Å². The Morgan fingerprint density at radius 2 is 1.36 bits per heavy atom. The van der Waals surface area contributed by atoms with E-state index in [1.54, 1.807) is 12.1 Å². The van der Waals surface area contributed by atoms with Crippen LogP contribution in [0, 0.1) is 0 Å². The number of aryl methyl sites for hydroxylation is 1. The average molecular weight is 380 g/mol. The summed E-state index contributed by atoms with van der Waals surface area (Å²) in [6.07, 6.45) is 2.55. The van der Waals surface area contributed by atoms with Gasteiger partial charge in [-0.1, -0.05) is 19.1 Å². The molecule has 0 aliphatic heterocycles. The lowest BCUT2D eigenvalue weighted by molar-refractivity contribution is 0.580. The smallest absolute Gasteiger partial charge is 0.261 e. The number of hydrogen-bond donors (Lipinski definition) is 2. The molecular weight excluding hydrogens is 360 g/mol. The summed E-state index contributed by atoms with van der Waals surface area (Å²) in [7, 11) is -7.36. The average Bonchev–Trinajstić information content (AvgIpc) is 3.39. The molecule has 0 bridgehead atoms. The number of nitrogens with one attached hydrogen (secondary N) is 2. The molecule has 0 amide bonds. The SMILES string of the molecule is CCc1ccc(NS(=O)(=O)c2ccc(S(=O)(=O)NC3CC3)cc2)cc1. The molecule has 134 valence electrons. The Kier molecular flexibility index (Phi) is 4.86. The van der Waals surface area contributed by atoms with Crippen molar-refractivity contribution in [2.45, 2.75) is 42.0 Å². The molecular formula is C17H20N2O4S2. The Hall–Kier alpha value is -1.90. The third kappa shape index (κ3) is 4.39. The van der Waals surface area contributed by atoms with Gasteiger partial charge in [0.05, 0.1) is 9.79 Å². The second-order valence-corrected chi connectivity index (χ2v) is 9.42. The molecule has 8 heteroatoms. The van der Waals surface area contributed by atoms with Crippen molar-refractivity contribution in [1.29, 1.82) is 0 Å². The van der Waals surface area contributed by atoms with Gasteiger partial charge in [-0.2, -0.15) is 0 Å². The van der Waals surface area contributed by atoms with Gasteiger partial charge in [-0.3, -0.25) is 4.72 Å². The van der Waals surface area contributed by atoms with E-state index in [4.69, 9.17) is 0 Å². The van der Waals surface area contributed by atoms with E-state index in [-0.39, 0.29) is 15.8 Å². The molecule has 0 saturated heterocycles. The van der Waals surface area contributed by atoms with Gasteiger partial charge in [0.15, 0.2) is 0 Å². The molecule has 1 aliphatic rings. The Labute approximate surface area is 148 Å². The van der Waals surface area contributed by atoms with Crippen molar-refractivity contribution in [2.75, 3.05) is 4.72 Å². The van der Waals surface area contributed by atoms with Crippen LogP contribution < -0.4 is 9.44 Å². The zero-order valence-electron chi connectivity index (χ0n) is 13.8. The van der Waals surface area contributed by atoms with Crippen molar-refractivity contribution < 1.29 is 16.8 Å². The fourth-order valence-corrected chi connectivity index (χ4v) is 4.67. The van der Waals surface area contributed by atoms with E-state index in [1.807, 2.05) is 19.1 Å². The molecule has 0 radical (unpaired) electrons. The first kappa shape index (κ1) is 17.9. The lowest BCUT2D eigenvalue weighted by atomic mass is 10.2. The minimum Gasteiger partial charge on any atom is -0.280 e. The minimum atomic E-state index is -3.77. The third-order valence-electron chi connectivity index (χ3n) is 3.96. The van der Waals surface area contributed by atoms with E-state index in [9.17, 15) is 16.8 Å². The molecule has 2 aromatic rings. The largest absolute Gasteiger partial charge is 0.280 e. The number of anilines is 1. The molecule has 1 fully saturated rings. The van der Waals surface area contributed by atoms with Gasteiger partial charge < -0.3 is 0 Å². The van der Waals surface area contributed by atoms with Crippen LogP contribution in [0.4, 0.5) is 5.69 Å². The first-order valence-electron chi connectivity index (χ1n) is 8.04. The van der Waals surface area contributed by atoms with E-state index in [0.717, 1.165) is 24.8 Å². The summed E-state index contributed by atoms with van der Waals surface area (Å²) >= 11 is 0. The molecule has 2 aromatic carbocycles. The maximum atomic E-state index is 12.4. The van der Waals surface area contributed by atoms with Gasteiger partial charge in [0.1, 0.15) is 0 Å². The van der Waals surface area contributed by atoms with Crippen LogP contribution in [-0.2, 0) is 26.5 Å². The fraction of sp³-hybridized carbons (Fsp3) is 0.294. The summed E-state index contributed by atoms with van der Waals surface area (Å²) in [6, 6.07) is 12.3. The molecule has 0 spiro atoms. The van der Waals surface area contributed by atoms with Gasteiger partial charge in [0.2, 0.25) is 10.0 Å². The predicted molar refractivity (Wildman–Crippen MR) is 96.4 cm³/mol. The first-order chi connectivity index (χ1) is 11.8. The first-order valence-corrected chi connectivity index (χ1v) is 11.0. The van der Waals surface area contributed by atoms with E-state index in [1.165, 1.54) is 24.3 Å². The van der Waals surface area contributed by atoms with Crippen molar-refractivity contribution in [3.8, 4) is 0 Å². The molecule has 1 saturated carbocycles. The van der Waals surface area contributed by atoms with Gasteiger partial charge in [0.25, 0.3) is 10.0 Å². The van der Waals surface area contributed by atoms with Crippen LogP contribution in [-0.4, -0.2) is 22.9 Å². The normalized spacial score (nSPS) is 15.1. The van der Waals surface area contributed by atoms with Crippen LogP contribution in [0.1, 0.15) is 25.3 Å². The zero-order valence-corrected chi connectivity index (χ0v) is 15.4. The summed E-state index contributed by atoms with van der Waals surface area (Å²) < 4.78 is 54.2. The van der Waals surface area contributed by atoms with Crippen LogP contribution in [0.2, 0.25) is 0 Å². The number of hydrogen-bond acceptors (Lipinski definition) is 4. The molecule has 25 heavy (non-hydrogen) atoms. The molecule has 0 heterocycles. The fourth-order valence-electron chi connectivity index (χ4n) is 2.31. The third-order valence-corrected chi connectivity index (χ3v) is 6.89. The molecule has 1 aliphatic carbocycles. The molecule has 6 nitrogen and oxygen atoms in total. The lowest BCUT2D eigenvalue weighted by Crippen LogP contribution is -2.25. The van der Waals surface area contributed by atoms with Crippen molar-refractivity contribution in [3.63, 3.8) is 0 Å². The number of rotatable bonds is 7. The maximum Gasteiger partial charge on any atom is 0.261 e. The van der Waals surface area contributed by atoms with Crippen LogP contribution in [0.5, 0.6) is 0 Å². The van der Waals surface area contributed by atoms with Gasteiger partial charge in [-0.15, -0.1) is 0 Å². The van der Waals surface area contributed by atoms with Gasteiger partial charge in [-0.25, -0.2) is 21.6 Å². The van der Waals surface area contributed by atoms with Crippen LogP contribution in [0.3, 0.4) is 0 Å². The highest BCUT2D eigenvalue weighted by atomic mass is 32.2. The highest BCUT2D eigenvalue weighted by Crippen LogP contribution is 2.23. The Balaban J connectivity index is 1.77. The van der Waals surface area contributed by atoms with Gasteiger partial charge in [0, 0.05) is 11.7 Å². The lowest BCUT2D eigenvalue weighted by Gasteiger charge is -2.10. The van der Waals surface area contributed by atoms with Gasteiger partial charge >= 0.3 is 0 Å². The monoisotopic (exact) mass is 380 g/mol. The Morgan fingerprint density at radius 1 is 0.840 bits per heavy atom. The van der Waals surface area contributed by atoms with Gasteiger partial charge in [-0.05, 0) is 61.2 Å². The van der Waals surface area contributed by atoms with E-state index < -0.39 is 20.0 Å². The standard InChI is InChI=1S/C17H20N2O4S2/c1-2-13-3-5-14(6-4-13)18-24(20,21)16-9-11-17(12-10-16)25(22,23)19-15-7-8-15/h3-6,9-12,15,18-19H,2,7-8H2,1H3. The summed E-state index contributed by atoms with van der Waals surface area (Å²) in [5.74, 6) is 0. The predicted octanol–water partition coefficient (Wildman–Crippen LogP) is 2.49. The molecule has 3 rings (SSSR count). The van der Waals surface area contributed by atoms with E-state index in [0.29, 0.717) is 5.69 Å². The molecule has 0 aromatic heterocycles. The van der Waals surface area contributed by atoms with E-state index in [2.05, 4.69) is 9.44 Å². The number of sulfonamides is 2. The highest BCUT2D eigenvalue weighted by Gasteiger charge is 2.28. The summed E-state index contributed by atoms with van der Waals surface area (Å²) in [5, 5.41) is 0.